The van der Waals surface area contributed by atoms with Crippen LogP contribution < -0.4 is 21.1 Å². The Morgan fingerprint density at radius 3 is 2.48 bits per heavy atom. The summed E-state index contributed by atoms with van der Waals surface area (Å²) >= 11 is 0. The quantitative estimate of drug-likeness (QED) is 0.651. The van der Waals surface area contributed by atoms with Crippen molar-refractivity contribution in [3.63, 3.8) is 0 Å². The lowest BCUT2D eigenvalue weighted by Gasteiger charge is -2.26. The van der Waals surface area contributed by atoms with Crippen molar-refractivity contribution >= 4 is 24.2 Å². The molecule has 0 radical (unpaired) electrons. The van der Waals surface area contributed by atoms with Crippen molar-refractivity contribution in [2.45, 2.75) is 25.4 Å². The molecule has 1 aromatic carbocycles. The Hall–Kier alpha value is -1.83. The van der Waals surface area contributed by atoms with Gasteiger partial charge in [0.05, 0.1) is 19.7 Å². The SMILES string of the molecule is COc1ccc(CNC(=O)CNC(=O)C(N)C2CCOCC2)cc1.Cl. The molecule has 7 nitrogen and oxygen atoms in total. The van der Waals surface area contributed by atoms with E-state index < -0.39 is 6.04 Å². The Balaban J connectivity index is 0.00000312. The van der Waals surface area contributed by atoms with Gasteiger partial charge in [0.25, 0.3) is 0 Å². The van der Waals surface area contributed by atoms with E-state index in [4.69, 9.17) is 15.2 Å². The fourth-order valence-electron chi connectivity index (χ4n) is 2.58. The molecule has 1 aliphatic rings. The molecule has 8 heteroatoms. The van der Waals surface area contributed by atoms with Crippen LogP contribution in [0, 0.1) is 5.92 Å². The number of hydrogen-bond acceptors (Lipinski definition) is 5. The third kappa shape index (κ3) is 6.89. The second-order valence-electron chi connectivity index (χ2n) is 5.82. The zero-order chi connectivity index (χ0) is 17.4. The molecular weight excluding hydrogens is 346 g/mol. The second kappa shape index (κ2) is 10.9. The summed E-state index contributed by atoms with van der Waals surface area (Å²) in [5, 5.41) is 5.35. The molecule has 0 saturated carbocycles. The normalized spacial score (nSPS) is 15.6. The Bertz CT molecular complexity index is 547. The molecule has 2 amide bonds. The van der Waals surface area contributed by atoms with Crippen LogP contribution in [0.4, 0.5) is 0 Å². The highest BCUT2D eigenvalue weighted by Crippen LogP contribution is 2.17. The number of nitrogens with two attached hydrogens (primary N) is 1. The molecule has 1 aliphatic heterocycles. The standard InChI is InChI=1S/C17H25N3O4.ClH/c1-23-14-4-2-12(3-5-14)10-19-15(21)11-20-17(22)16(18)13-6-8-24-9-7-13;/h2-5,13,16H,6-11,18H2,1H3,(H,19,21)(H,20,22);1H. The van der Waals surface area contributed by atoms with E-state index in [1.807, 2.05) is 24.3 Å². The van der Waals surface area contributed by atoms with E-state index in [-0.39, 0.29) is 36.7 Å². The Labute approximate surface area is 154 Å². The van der Waals surface area contributed by atoms with E-state index in [2.05, 4.69) is 10.6 Å². The first-order valence-electron chi connectivity index (χ1n) is 8.11. The summed E-state index contributed by atoms with van der Waals surface area (Å²) in [6, 6.07) is 6.81. The molecular formula is C17H26ClN3O4. The highest BCUT2D eigenvalue weighted by molar-refractivity contribution is 5.87. The highest BCUT2D eigenvalue weighted by atomic mass is 35.5. The van der Waals surface area contributed by atoms with E-state index in [0.29, 0.717) is 19.8 Å². The summed E-state index contributed by atoms with van der Waals surface area (Å²) in [4.78, 5) is 23.9. The first-order valence-corrected chi connectivity index (χ1v) is 8.11. The minimum Gasteiger partial charge on any atom is -0.497 e. The first kappa shape index (κ1) is 21.2. The molecule has 1 atom stereocenters. The molecule has 0 aliphatic carbocycles. The lowest BCUT2D eigenvalue weighted by atomic mass is 9.92. The third-order valence-corrected chi connectivity index (χ3v) is 4.15. The number of methoxy groups -OCH3 is 1. The highest BCUT2D eigenvalue weighted by Gasteiger charge is 2.26. The van der Waals surface area contributed by atoms with Crippen molar-refractivity contribution < 1.29 is 19.1 Å². The van der Waals surface area contributed by atoms with Gasteiger partial charge in [-0.3, -0.25) is 9.59 Å². The van der Waals surface area contributed by atoms with Gasteiger partial charge in [-0.1, -0.05) is 12.1 Å². The summed E-state index contributed by atoms with van der Waals surface area (Å²) in [7, 11) is 1.60. The van der Waals surface area contributed by atoms with Crippen LogP contribution in [0.3, 0.4) is 0 Å². The first-order chi connectivity index (χ1) is 11.6. The van der Waals surface area contributed by atoms with Gasteiger partial charge >= 0.3 is 0 Å². The van der Waals surface area contributed by atoms with Gasteiger partial charge in [-0.2, -0.15) is 0 Å². The molecule has 4 N–H and O–H groups in total. The summed E-state index contributed by atoms with van der Waals surface area (Å²) < 4.78 is 10.3. The van der Waals surface area contributed by atoms with Crippen LogP contribution in [0.5, 0.6) is 5.75 Å². The fraction of sp³-hybridized carbons (Fsp3) is 0.529. The molecule has 1 aromatic rings. The molecule has 1 unspecified atom stereocenters. The van der Waals surface area contributed by atoms with Crippen LogP contribution in [0.15, 0.2) is 24.3 Å². The Morgan fingerprint density at radius 2 is 1.88 bits per heavy atom. The maximum atomic E-state index is 12.0. The summed E-state index contributed by atoms with van der Waals surface area (Å²) in [5.74, 6) is 0.334. The number of carbonyl (C=O) groups excluding carboxylic acids is 2. The predicted octanol–water partition coefficient (Wildman–Crippen LogP) is 0.603. The Kier molecular flexibility index (Phi) is 9.26. The van der Waals surface area contributed by atoms with E-state index >= 15 is 0 Å². The van der Waals surface area contributed by atoms with Gasteiger partial charge < -0.3 is 25.8 Å². The summed E-state index contributed by atoms with van der Waals surface area (Å²) in [5.41, 5.74) is 6.91. The fourth-order valence-corrected chi connectivity index (χ4v) is 2.58. The summed E-state index contributed by atoms with van der Waals surface area (Å²) in [6.07, 6.45) is 1.55. The molecule has 0 bridgehead atoms. The maximum Gasteiger partial charge on any atom is 0.239 e. The minimum absolute atomic E-state index is 0. The average molecular weight is 372 g/mol. The molecule has 2 rings (SSSR count). The lowest BCUT2D eigenvalue weighted by molar-refractivity contribution is -0.128. The van der Waals surface area contributed by atoms with Crippen LogP contribution in [0.2, 0.25) is 0 Å². The van der Waals surface area contributed by atoms with Crippen molar-refractivity contribution in [3.8, 4) is 5.75 Å². The largest absolute Gasteiger partial charge is 0.497 e. The van der Waals surface area contributed by atoms with Crippen molar-refractivity contribution in [1.82, 2.24) is 10.6 Å². The van der Waals surface area contributed by atoms with Crippen molar-refractivity contribution in [1.29, 1.82) is 0 Å². The number of halogens is 1. The van der Waals surface area contributed by atoms with Crippen LogP contribution in [0.25, 0.3) is 0 Å². The van der Waals surface area contributed by atoms with Crippen LogP contribution >= 0.6 is 12.4 Å². The van der Waals surface area contributed by atoms with Gasteiger partial charge in [0.15, 0.2) is 0 Å². The van der Waals surface area contributed by atoms with Crippen molar-refractivity contribution in [3.05, 3.63) is 29.8 Å². The number of benzene rings is 1. The van der Waals surface area contributed by atoms with Gasteiger partial charge in [-0.15, -0.1) is 12.4 Å². The topological polar surface area (TPSA) is 103 Å². The van der Waals surface area contributed by atoms with Gasteiger partial charge in [0.1, 0.15) is 5.75 Å². The second-order valence-corrected chi connectivity index (χ2v) is 5.82. The van der Waals surface area contributed by atoms with Crippen LogP contribution in [0.1, 0.15) is 18.4 Å². The van der Waals surface area contributed by atoms with E-state index in [1.54, 1.807) is 7.11 Å². The van der Waals surface area contributed by atoms with E-state index in [0.717, 1.165) is 24.2 Å². The van der Waals surface area contributed by atoms with Crippen molar-refractivity contribution in [2.75, 3.05) is 26.9 Å². The van der Waals surface area contributed by atoms with Gasteiger partial charge in [0, 0.05) is 19.8 Å². The Morgan fingerprint density at radius 1 is 1.24 bits per heavy atom. The number of hydrogen-bond donors (Lipinski definition) is 3. The smallest absolute Gasteiger partial charge is 0.239 e. The number of carbonyl (C=O) groups is 2. The lowest BCUT2D eigenvalue weighted by Crippen LogP contribution is -2.49. The molecule has 0 spiro atoms. The van der Waals surface area contributed by atoms with Crippen LogP contribution in [-0.2, 0) is 20.9 Å². The monoisotopic (exact) mass is 371 g/mol. The molecule has 25 heavy (non-hydrogen) atoms. The minimum atomic E-state index is -0.594. The van der Waals surface area contributed by atoms with E-state index in [9.17, 15) is 9.59 Å². The molecule has 1 heterocycles. The third-order valence-electron chi connectivity index (χ3n) is 4.15. The number of nitrogens with one attached hydrogen (secondary N) is 2. The van der Waals surface area contributed by atoms with E-state index in [1.165, 1.54) is 0 Å². The molecule has 1 fully saturated rings. The van der Waals surface area contributed by atoms with Crippen molar-refractivity contribution in [2.24, 2.45) is 11.7 Å². The van der Waals surface area contributed by atoms with Gasteiger partial charge in [0.2, 0.25) is 11.8 Å². The number of rotatable bonds is 7. The number of ether oxygens (including phenoxy) is 2. The molecule has 1 saturated heterocycles. The molecule has 140 valence electrons. The predicted molar refractivity (Wildman–Crippen MR) is 96.6 cm³/mol. The maximum absolute atomic E-state index is 12.0. The molecule has 0 aromatic heterocycles. The zero-order valence-electron chi connectivity index (χ0n) is 14.3. The number of amides is 2. The zero-order valence-corrected chi connectivity index (χ0v) is 15.1. The van der Waals surface area contributed by atoms with Gasteiger partial charge in [-0.05, 0) is 36.5 Å². The van der Waals surface area contributed by atoms with Gasteiger partial charge in [-0.25, -0.2) is 0 Å². The van der Waals surface area contributed by atoms with Crippen LogP contribution in [-0.4, -0.2) is 44.7 Å². The summed E-state index contributed by atoms with van der Waals surface area (Å²) in [6.45, 7) is 1.58. The average Bonchev–Trinajstić information content (AvgIpc) is 2.64.